The highest BCUT2D eigenvalue weighted by atomic mass is 32.1. The topological polar surface area (TPSA) is 68.5 Å². The molecule has 0 bridgehead atoms. The largest absolute Gasteiger partial charge is 0.490 e. The lowest BCUT2D eigenvalue weighted by Crippen LogP contribution is -2.40. The predicted molar refractivity (Wildman–Crippen MR) is 89.4 cm³/mol. The maximum absolute atomic E-state index is 12.4. The molecule has 0 spiro atoms. The van der Waals surface area contributed by atoms with Gasteiger partial charge in [0.1, 0.15) is 12.4 Å². The van der Waals surface area contributed by atoms with Gasteiger partial charge in [0.15, 0.2) is 5.13 Å². The second kappa shape index (κ2) is 5.61. The molecule has 5 nitrogen and oxygen atoms in total. The molecule has 2 aromatic rings. The first kappa shape index (κ1) is 14.8. The van der Waals surface area contributed by atoms with Gasteiger partial charge < -0.3 is 15.4 Å². The molecule has 0 atom stereocenters. The van der Waals surface area contributed by atoms with Crippen LogP contribution in [0.3, 0.4) is 0 Å². The maximum atomic E-state index is 12.4. The maximum Gasteiger partial charge on any atom is 0.229 e. The van der Waals surface area contributed by atoms with E-state index >= 15 is 0 Å². The molecule has 1 aromatic heterocycles. The van der Waals surface area contributed by atoms with Crippen molar-refractivity contribution in [3.63, 3.8) is 0 Å². The molecule has 0 unspecified atom stereocenters. The number of nitrogens with two attached hydrogens (primary N) is 1. The van der Waals surface area contributed by atoms with Crippen LogP contribution in [-0.4, -0.2) is 24.0 Å². The molecule has 1 aliphatic rings. The third kappa shape index (κ3) is 2.54. The van der Waals surface area contributed by atoms with Crippen LogP contribution in [0.15, 0.2) is 18.2 Å². The van der Waals surface area contributed by atoms with Gasteiger partial charge in [-0.15, -0.1) is 11.3 Å². The summed E-state index contributed by atoms with van der Waals surface area (Å²) in [7, 11) is 0. The SMILES string of the molecule is Cc1sc(N)nc1-c1ccc2c(c1)N(C(=O)C(C)C)CCO2. The van der Waals surface area contributed by atoms with E-state index in [0.29, 0.717) is 18.3 Å². The molecule has 22 heavy (non-hydrogen) atoms. The Morgan fingerprint density at radius 1 is 1.45 bits per heavy atom. The molecule has 0 saturated carbocycles. The van der Waals surface area contributed by atoms with Crippen LogP contribution in [0.2, 0.25) is 0 Å². The predicted octanol–water partition coefficient (Wildman–Crippen LogP) is 3.08. The summed E-state index contributed by atoms with van der Waals surface area (Å²) in [6.45, 7) is 6.91. The molecule has 3 rings (SSSR count). The number of thiazole rings is 1. The zero-order valence-electron chi connectivity index (χ0n) is 12.9. The number of aromatic nitrogens is 1. The lowest BCUT2D eigenvalue weighted by Gasteiger charge is -2.31. The number of nitrogen functional groups attached to an aromatic ring is 1. The summed E-state index contributed by atoms with van der Waals surface area (Å²) in [4.78, 5) is 19.7. The second-order valence-corrected chi connectivity index (χ2v) is 6.87. The molecule has 0 fully saturated rings. The number of carbonyl (C=O) groups excluding carboxylic acids is 1. The van der Waals surface area contributed by atoms with E-state index in [-0.39, 0.29) is 11.8 Å². The van der Waals surface area contributed by atoms with Crippen LogP contribution in [0.5, 0.6) is 5.75 Å². The first-order valence-electron chi connectivity index (χ1n) is 7.29. The van der Waals surface area contributed by atoms with Crippen LogP contribution in [0.1, 0.15) is 18.7 Å². The van der Waals surface area contributed by atoms with Crippen LogP contribution in [-0.2, 0) is 4.79 Å². The molecular weight excluding hydrogens is 298 g/mol. The summed E-state index contributed by atoms with van der Waals surface area (Å²) in [5.74, 6) is 0.798. The average molecular weight is 317 g/mol. The van der Waals surface area contributed by atoms with Crippen molar-refractivity contribution < 1.29 is 9.53 Å². The quantitative estimate of drug-likeness (QED) is 0.924. The Kier molecular flexibility index (Phi) is 3.78. The smallest absolute Gasteiger partial charge is 0.229 e. The van der Waals surface area contributed by atoms with Gasteiger partial charge in [0.2, 0.25) is 5.91 Å². The van der Waals surface area contributed by atoms with E-state index in [9.17, 15) is 4.79 Å². The number of hydrogen-bond acceptors (Lipinski definition) is 5. The molecule has 1 amide bonds. The summed E-state index contributed by atoms with van der Waals surface area (Å²) in [5.41, 5.74) is 8.42. The number of amides is 1. The third-order valence-corrected chi connectivity index (χ3v) is 4.47. The van der Waals surface area contributed by atoms with Crippen molar-refractivity contribution in [1.82, 2.24) is 4.98 Å². The average Bonchev–Trinajstić information content (AvgIpc) is 2.84. The second-order valence-electron chi connectivity index (χ2n) is 5.63. The van der Waals surface area contributed by atoms with Crippen molar-refractivity contribution in [3.8, 4) is 17.0 Å². The summed E-state index contributed by atoms with van der Waals surface area (Å²) >= 11 is 1.47. The minimum Gasteiger partial charge on any atom is -0.490 e. The van der Waals surface area contributed by atoms with Gasteiger partial charge in [0, 0.05) is 16.4 Å². The number of nitrogens with zero attached hydrogens (tertiary/aromatic N) is 2. The normalized spacial score (nSPS) is 13.9. The van der Waals surface area contributed by atoms with Crippen molar-refractivity contribution in [2.45, 2.75) is 20.8 Å². The molecule has 0 saturated heterocycles. The van der Waals surface area contributed by atoms with Gasteiger partial charge in [0.05, 0.1) is 17.9 Å². The van der Waals surface area contributed by atoms with Gasteiger partial charge in [-0.05, 0) is 25.1 Å². The standard InChI is InChI=1S/C16H19N3O2S/c1-9(2)15(20)19-6-7-21-13-5-4-11(8-12(13)19)14-10(3)22-16(17)18-14/h4-5,8-9H,6-7H2,1-3H3,(H2,17,18). The molecule has 6 heteroatoms. The molecule has 2 heterocycles. The molecule has 0 aliphatic carbocycles. The molecular formula is C16H19N3O2S. The van der Waals surface area contributed by atoms with Crippen molar-refractivity contribution in [3.05, 3.63) is 23.1 Å². The van der Waals surface area contributed by atoms with E-state index in [1.54, 1.807) is 4.90 Å². The highest BCUT2D eigenvalue weighted by Gasteiger charge is 2.26. The number of benzene rings is 1. The van der Waals surface area contributed by atoms with Crippen molar-refractivity contribution in [2.75, 3.05) is 23.8 Å². The number of aryl methyl sites for hydroxylation is 1. The number of fused-ring (bicyclic) bond motifs is 1. The minimum absolute atomic E-state index is 0.0498. The fourth-order valence-corrected chi connectivity index (χ4v) is 3.30. The Hall–Kier alpha value is -2.08. The van der Waals surface area contributed by atoms with E-state index in [2.05, 4.69) is 4.98 Å². The van der Waals surface area contributed by atoms with Crippen LogP contribution in [0.25, 0.3) is 11.3 Å². The van der Waals surface area contributed by atoms with Gasteiger partial charge in [-0.2, -0.15) is 0 Å². The summed E-state index contributed by atoms with van der Waals surface area (Å²) in [6.07, 6.45) is 0. The van der Waals surface area contributed by atoms with Gasteiger partial charge in [0.25, 0.3) is 0 Å². The Morgan fingerprint density at radius 2 is 2.23 bits per heavy atom. The van der Waals surface area contributed by atoms with Gasteiger partial charge in [-0.3, -0.25) is 4.79 Å². The lowest BCUT2D eigenvalue weighted by molar-refractivity contribution is -0.121. The number of rotatable bonds is 2. The van der Waals surface area contributed by atoms with Crippen LogP contribution in [0, 0.1) is 12.8 Å². The Labute approximate surface area is 133 Å². The lowest BCUT2D eigenvalue weighted by atomic mass is 10.1. The molecule has 1 aromatic carbocycles. The Bertz CT molecular complexity index is 724. The van der Waals surface area contributed by atoms with Gasteiger partial charge in [-0.1, -0.05) is 13.8 Å². The summed E-state index contributed by atoms with van der Waals surface area (Å²) in [6, 6.07) is 5.83. The molecule has 116 valence electrons. The molecule has 1 aliphatic heterocycles. The van der Waals surface area contributed by atoms with Crippen molar-refractivity contribution >= 4 is 28.1 Å². The molecule has 2 N–H and O–H groups in total. The minimum atomic E-state index is -0.0498. The number of ether oxygens (including phenoxy) is 1. The third-order valence-electron chi connectivity index (χ3n) is 3.67. The highest BCUT2D eigenvalue weighted by Crippen LogP contribution is 2.38. The fourth-order valence-electron chi connectivity index (χ4n) is 2.59. The zero-order chi connectivity index (χ0) is 15.9. The Balaban J connectivity index is 2.06. The van der Waals surface area contributed by atoms with Gasteiger partial charge in [-0.25, -0.2) is 4.98 Å². The number of hydrogen-bond donors (Lipinski definition) is 1. The Morgan fingerprint density at radius 3 is 2.86 bits per heavy atom. The van der Waals surface area contributed by atoms with E-state index in [0.717, 1.165) is 27.6 Å². The van der Waals surface area contributed by atoms with Crippen molar-refractivity contribution in [1.29, 1.82) is 0 Å². The first-order chi connectivity index (χ1) is 10.5. The van der Waals surface area contributed by atoms with Crippen molar-refractivity contribution in [2.24, 2.45) is 5.92 Å². The number of anilines is 2. The summed E-state index contributed by atoms with van der Waals surface area (Å²) in [5, 5.41) is 0.552. The van der Waals surface area contributed by atoms with E-state index in [1.165, 1.54) is 11.3 Å². The highest BCUT2D eigenvalue weighted by molar-refractivity contribution is 7.15. The van der Waals surface area contributed by atoms with Gasteiger partial charge >= 0.3 is 0 Å². The summed E-state index contributed by atoms with van der Waals surface area (Å²) < 4.78 is 5.67. The number of carbonyl (C=O) groups is 1. The zero-order valence-corrected chi connectivity index (χ0v) is 13.7. The van der Waals surface area contributed by atoms with Crippen LogP contribution >= 0.6 is 11.3 Å². The van der Waals surface area contributed by atoms with Crippen LogP contribution in [0.4, 0.5) is 10.8 Å². The van der Waals surface area contributed by atoms with E-state index in [4.69, 9.17) is 10.5 Å². The van der Waals surface area contributed by atoms with E-state index < -0.39 is 0 Å². The fraction of sp³-hybridized carbons (Fsp3) is 0.375. The molecule has 0 radical (unpaired) electrons. The van der Waals surface area contributed by atoms with E-state index in [1.807, 2.05) is 39.0 Å². The van der Waals surface area contributed by atoms with Crippen LogP contribution < -0.4 is 15.4 Å². The first-order valence-corrected chi connectivity index (χ1v) is 8.10. The monoisotopic (exact) mass is 317 g/mol.